The third kappa shape index (κ3) is 10.7. The second-order valence-electron chi connectivity index (χ2n) is 14.4. The Labute approximate surface area is 262 Å². The van der Waals surface area contributed by atoms with Crippen molar-refractivity contribution in [2.24, 2.45) is 23.2 Å². The first-order valence-electron chi connectivity index (χ1n) is 16.3. The van der Waals surface area contributed by atoms with E-state index in [-0.39, 0.29) is 64.8 Å². The van der Waals surface area contributed by atoms with Gasteiger partial charge in [-0.25, -0.2) is 4.79 Å². The van der Waals surface area contributed by atoms with Gasteiger partial charge in [0.15, 0.2) is 5.78 Å². The van der Waals surface area contributed by atoms with E-state index in [0.29, 0.717) is 37.4 Å². The van der Waals surface area contributed by atoms with Crippen LogP contribution >= 0.6 is 11.8 Å². The second kappa shape index (κ2) is 15.6. The first kappa shape index (κ1) is 35.2. The molecule has 1 saturated carbocycles. The Morgan fingerprint density at radius 3 is 1.91 bits per heavy atom. The highest BCUT2D eigenvalue weighted by Crippen LogP contribution is 2.47. The predicted molar refractivity (Wildman–Crippen MR) is 170 cm³/mol. The number of carbonyl (C=O) groups is 5. The van der Waals surface area contributed by atoms with Crippen LogP contribution in [0, 0.1) is 23.2 Å². The summed E-state index contributed by atoms with van der Waals surface area (Å²) < 4.78 is 0. The summed E-state index contributed by atoms with van der Waals surface area (Å²) in [4.78, 5) is 64.7. The van der Waals surface area contributed by atoms with E-state index in [4.69, 9.17) is 0 Å². The number of hydrogen-bond acceptors (Lipinski definition) is 6. The van der Waals surface area contributed by atoms with Crippen molar-refractivity contribution >= 4 is 41.3 Å². The average Bonchev–Trinajstić information content (AvgIpc) is 3.39. The molecule has 0 aromatic rings. The molecule has 43 heavy (non-hydrogen) atoms. The van der Waals surface area contributed by atoms with Gasteiger partial charge in [-0.2, -0.15) is 11.8 Å². The molecule has 11 heteroatoms. The van der Waals surface area contributed by atoms with Crippen LogP contribution in [-0.2, 0) is 19.2 Å². The molecule has 0 aromatic heterocycles. The minimum atomic E-state index is -0.799. The number of rotatable bonds is 18. The normalized spacial score (nSPS) is 24.1. The zero-order valence-electron chi connectivity index (χ0n) is 27.2. The predicted octanol–water partition coefficient (Wildman–Crippen LogP) is 3.67. The molecule has 3 fully saturated rings. The van der Waals surface area contributed by atoms with Crippen molar-refractivity contribution in [3.05, 3.63) is 0 Å². The van der Waals surface area contributed by atoms with E-state index < -0.39 is 18.1 Å². The fourth-order valence-electron chi connectivity index (χ4n) is 6.05. The van der Waals surface area contributed by atoms with Gasteiger partial charge < -0.3 is 26.6 Å². The highest BCUT2D eigenvalue weighted by Gasteiger charge is 2.48. The molecule has 3 rings (SSSR count). The average molecular weight is 622 g/mol. The maximum absolute atomic E-state index is 13.5. The molecule has 3 aliphatic rings. The molecular formula is C32H55N5O5S. The van der Waals surface area contributed by atoms with E-state index in [1.807, 2.05) is 60.2 Å². The van der Waals surface area contributed by atoms with Crippen LogP contribution < -0.4 is 26.6 Å². The lowest BCUT2D eigenvalue weighted by molar-refractivity contribution is -0.135. The topological polar surface area (TPSA) is 146 Å². The highest BCUT2D eigenvalue weighted by molar-refractivity contribution is 8.00. The van der Waals surface area contributed by atoms with E-state index >= 15 is 0 Å². The summed E-state index contributed by atoms with van der Waals surface area (Å²) in [6, 6.07) is -1.89. The summed E-state index contributed by atoms with van der Waals surface area (Å²) in [5.41, 5.74) is -0.363. The molecule has 2 saturated heterocycles. The van der Waals surface area contributed by atoms with E-state index in [1.165, 1.54) is 0 Å². The molecule has 0 bridgehead atoms. The van der Waals surface area contributed by atoms with Crippen molar-refractivity contribution in [2.45, 2.75) is 142 Å². The molecule has 2 aliphatic heterocycles. The number of carbonyl (C=O) groups excluding carboxylic acids is 5. The molecule has 6 atom stereocenters. The lowest BCUT2D eigenvalue weighted by Gasteiger charge is -2.28. The van der Waals surface area contributed by atoms with Crippen molar-refractivity contribution in [1.29, 1.82) is 0 Å². The maximum atomic E-state index is 13.5. The van der Waals surface area contributed by atoms with E-state index in [1.54, 1.807) is 0 Å². The standard InChI is InChI=1S/C32H55N5O5S/c1-18(2)14-21(28(39)32(7)12-13-32)34-30(41)23(16-20(5)6)35-29(40)22(15-19(3)4)33-26(38)11-9-8-10-25-27-24(17-43-25)36-31(42)37-27/h18-25,27H,8-17H2,1-7H3,(H,33,38)(H,34,41)(H,35,40)(H2,36,37,42)/t21-,22-,23-,24-,25-,27-/m0/s1. The third-order valence-corrected chi connectivity index (χ3v) is 10.2. The molecule has 1 aliphatic carbocycles. The third-order valence-electron chi connectivity index (χ3n) is 8.71. The number of nitrogens with one attached hydrogen (secondary N) is 5. The van der Waals surface area contributed by atoms with Gasteiger partial charge in [0.2, 0.25) is 17.7 Å². The molecule has 2 heterocycles. The number of amides is 5. The molecule has 0 aromatic carbocycles. The van der Waals surface area contributed by atoms with Crippen LogP contribution in [-0.4, -0.2) is 70.7 Å². The summed E-state index contributed by atoms with van der Waals surface area (Å²) >= 11 is 1.86. The molecular weight excluding hydrogens is 566 g/mol. The molecule has 0 radical (unpaired) electrons. The molecule has 5 amide bonds. The summed E-state index contributed by atoms with van der Waals surface area (Å²) in [5, 5.41) is 15.1. The van der Waals surface area contributed by atoms with Crippen LogP contribution in [0.3, 0.4) is 0 Å². The van der Waals surface area contributed by atoms with Gasteiger partial charge in [0.25, 0.3) is 0 Å². The Kier molecular flexibility index (Phi) is 12.8. The van der Waals surface area contributed by atoms with Crippen molar-refractivity contribution in [1.82, 2.24) is 26.6 Å². The number of urea groups is 1. The van der Waals surface area contributed by atoms with Crippen LogP contribution in [0.2, 0.25) is 0 Å². The van der Waals surface area contributed by atoms with Crippen LogP contribution in [0.4, 0.5) is 4.79 Å². The van der Waals surface area contributed by atoms with Crippen molar-refractivity contribution in [3.8, 4) is 0 Å². The van der Waals surface area contributed by atoms with E-state index in [0.717, 1.165) is 31.4 Å². The summed E-state index contributed by atoms with van der Waals surface area (Å²) in [6.07, 6.45) is 5.91. The minimum Gasteiger partial charge on any atom is -0.344 e. The zero-order chi connectivity index (χ0) is 31.9. The van der Waals surface area contributed by atoms with Crippen molar-refractivity contribution < 1.29 is 24.0 Å². The Morgan fingerprint density at radius 2 is 1.35 bits per heavy atom. The van der Waals surface area contributed by atoms with Gasteiger partial charge in [0.1, 0.15) is 12.1 Å². The fourth-order valence-corrected chi connectivity index (χ4v) is 7.59. The van der Waals surface area contributed by atoms with Gasteiger partial charge in [0.05, 0.1) is 18.1 Å². The Balaban J connectivity index is 1.54. The highest BCUT2D eigenvalue weighted by atomic mass is 32.2. The van der Waals surface area contributed by atoms with Gasteiger partial charge >= 0.3 is 6.03 Å². The Morgan fingerprint density at radius 1 is 0.814 bits per heavy atom. The molecule has 244 valence electrons. The maximum Gasteiger partial charge on any atom is 0.315 e. The molecule has 5 N–H and O–H groups in total. The SMILES string of the molecule is CC(C)C[C@H](NC(=O)CCCC[C@@H]1SC[C@@H]2NC(=O)N[C@@H]21)C(=O)N[C@@H](CC(C)C)C(=O)N[C@@H](CC(C)C)C(=O)C1(C)CC1. The lowest BCUT2D eigenvalue weighted by Crippen LogP contribution is -2.56. The number of ketones is 1. The second-order valence-corrected chi connectivity index (χ2v) is 15.7. The van der Waals surface area contributed by atoms with E-state index in [9.17, 15) is 24.0 Å². The Hall–Kier alpha value is -2.30. The summed E-state index contributed by atoms with van der Waals surface area (Å²) in [5.74, 6) is 0.602. The van der Waals surface area contributed by atoms with Crippen LogP contribution in [0.15, 0.2) is 0 Å². The molecule has 0 unspecified atom stereocenters. The lowest BCUT2D eigenvalue weighted by atomic mass is 9.90. The van der Waals surface area contributed by atoms with Crippen LogP contribution in [0.5, 0.6) is 0 Å². The summed E-state index contributed by atoms with van der Waals surface area (Å²) in [7, 11) is 0. The smallest absolute Gasteiger partial charge is 0.315 e. The minimum absolute atomic E-state index is 0.0742. The van der Waals surface area contributed by atoms with Crippen molar-refractivity contribution in [3.63, 3.8) is 0 Å². The first-order valence-corrected chi connectivity index (χ1v) is 17.4. The number of thioether (sulfide) groups is 1. The van der Waals surface area contributed by atoms with E-state index in [2.05, 4.69) is 26.6 Å². The number of fused-ring (bicyclic) bond motifs is 1. The summed E-state index contributed by atoms with van der Waals surface area (Å²) in [6.45, 7) is 14.0. The monoisotopic (exact) mass is 621 g/mol. The van der Waals surface area contributed by atoms with Gasteiger partial charge in [-0.1, -0.05) is 54.9 Å². The van der Waals surface area contributed by atoms with Gasteiger partial charge in [0, 0.05) is 22.8 Å². The number of unbranched alkanes of at least 4 members (excludes halogenated alkanes) is 1. The van der Waals surface area contributed by atoms with Gasteiger partial charge in [-0.15, -0.1) is 0 Å². The van der Waals surface area contributed by atoms with Crippen LogP contribution in [0.25, 0.3) is 0 Å². The zero-order valence-corrected chi connectivity index (χ0v) is 28.0. The molecule has 0 spiro atoms. The largest absolute Gasteiger partial charge is 0.344 e. The van der Waals surface area contributed by atoms with Crippen LogP contribution in [0.1, 0.15) is 106 Å². The van der Waals surface area contributed by atoms with Crippen molar-refractivity contribution in [2.75, 3.05) is 5.75 Å². The first-order chi connectivity index (χ1) is 20.2. The van der Waals surface area contributed by atoms with Gasteiger partial charge in [-0.3, -0.25) is 19.2 Å². The quantitative estimate of drug-likeness (QED) is 0.117. The Bertz CT molecular complexity index is 1010. The number of hydrogen-bond donors (Lipinski definition) is 5. The van der Waals surface area contributed by atoms with Gasteiger partial charge in [-0.05, 0) is 62.7 Å². The number of Topliss-reactive ketones (excluding diaryl/α,β-unsaturated/α-hetero) is 1. The molecule has 10 nitrogen and oxygen atoms in total. The fraction of sp³-hybridized carbons (Fsp3) is 0.844.